The van der Waals surface area contributed by atoms with Crippen LogP contribution in [0.15, 0.2) is 53.0 Å². The minimum Gasteiger partial charge on any atom is -0.324 e. The number of anilines is 1. The Hall–Kier alpha value is -2.14. The van der Waals surface area contributed by atoms with Gasteiger partial charge in [0.1, 0.15) is 6.54 Å². The Balaban J connectivity index is 1.64. The van der Waals surface area contributed by atoms with Gasteiger partial charge in [-0.1, -0.05) is 72.4 Å². The summed E-state index contributed by atoms with van der Waals surface area (Å²) in [7, 11) is 0. The highest BCUT2D eigenvalue weighted by Crippen LogP contribution is 2.40. The van der Waals surface area contributed by atoms with Crippen molar-refractivity contribution in [2.75, 3.05) is 11.9 Å². The van der Waals surface area contributed by atoms with Crippen molar-refractivity contribution in [3.8, 4) is 0 Å². The predicted molar refractivity (Wildman–Crippen MR) is 128 cm³/mol. The van der Waals surface area contributed by atoms with Crippen molar-refractivity contribution >= 4 is 33.4 Å². The second-order valence-electron chi connectivity index (χ2n) is 8.92. The van der Waals surface area contributed by atoms with Crippen LogP contribution in [0.2, 0.25) is 0 Å². The van der Waals surface area contributed by atoms with Crippen molar-refractivity contribution in [3.63, 3.8) is 0 Å². The number of amides is 2. The first-order valence-corrected chi connectivity index (χ1v) is 12.3. The molecule has 5 heteroatoms. The molecule has 2 aromatic carbocycles. The minimum atomic E-state index is -0.280. The Bertz CT molecular complexity index is 922. The van der Waals surface area contributed by atoms with E-state index in [2.05, 4.69) is 28.2 Å². The number of carbonyl (C=O) groups is 2. The fourth-order valence-corrected chi connectivity index (χ4v) is 5.48. The standard InChI is InChI=1S/C26H31BrN2O2/c1-2-3-7-18-10-12-20(13-11-18)26(31)29-17-24(30)28-23-15-14-21(27)16-22(23)25(29)19-8-5-4-6-9-19/h4-6,8-9,14-16,18,20,25H,2-3,7,10-13,17H2,1H3,(H,28,30). The Morgan fingerprint density at radius 3 is 2.55 bits per heavy atom. The highest BCUT2D eigenvalue weighted by Gasteiger charge is 2.37. The van der Waals surface area contributed by atoms with Gasteiger partial charge in [0, 0.05) is 21.6 Å². The van der Waals surface area contributed by atoms with Crippen LogP contribution in [0.5, 0.6) is 0 Å². The molecule has 1 atom stereocenters. The molecule has 0 bridgehead atoms. The molecule has 0 saturated heterocycles. The van der Waals surface area contributed by atoms with Crippen molar-refractivity contribution in [1.82, 2.24) is 4.90 Å². The highest BCUT2D eigenvalue weighted by molar-refractivity contribution is 9.10. The summed E-state index contributed by atoms with van der Waals surface area (Å²) in [5.41, 5.74) is 2.76. The SMILES string of the molecule is CCCCC1CCC(C(=O)N2CC(=O)Nc3ccc(Br)cc3C2c2ccccc2)CC1. The first-order chi connectivity index (χ1) is 15.1. The van der Waals surface area contributed by atoms with Crippen LogP contribution in [0.1, 0.15) is 69.0 Å². The van der Waals surface area contributed by atoms with Gasteiger partial charge in [0.05, 0.1) is 6.04 Å². The van der Waals surface area contributed by atoms with Gasteiger partial charge in [0.15, 0.2) is 0 Å². The molecule has 2 aliphatic rings. The number of fused-ring (bicyclic) bond motifs is 1. The topological polar surface area (TPSA) is 49.4 Å². The largest absolute Gasteiger partial charge is 0.324 e. The Labute approximate surface area is 193 Å². The molecule has 1 heterocycles. The smallest absolute Gasteiger partial charge is 0.244 e. The number of rotatable bonds is 5. The summed E-state index contributed by atoms with van der Waals surface area (Å²) in [5, 5.41) is 3.01. The normalized spacial score (nSPS) is 23.6. The maximum Gasteiger partial charge on any atom is 0.244 e. The molecular formula is C26H31BrN2O2. The maximum absolute atomic E-state index is 13.8. The average molecular weight is 483 g/mol. The number of unbranched alkanes of at least 4 members (excludes halogenated alkanes) is 1. The molecule has 1 fully saturated rings. The second-order valence-corrected chi connectivity index (χ2v) is 9.83. The zero-order valence-electron chi connectivity index (χ0n) is 18.1. The van der Waals surface area contributed by atoms with Crippen molar-refractivity contribution in [2.45, 2.75) is 57.9 Å². The van der Waals surface area contributed by atoms with Crippen LogP contribution in [0.25, 0.3) is 0 Å². The van der Waals surface area contributed by atoms with Gasteiger partial charge in [-0.05, 0) is 55.4 Å². The summed E-state index contributed by atoms with van der Waals surface area (Å²) >= 11 is 3.58. The molecule has 1 saturated carbocycles. The first kappa shape index (κ1) is 22.1. The molecule has 4 rings (SSSR count). The number of benzene rings is 2. The molecule has 2 amide bonds. The van der Waals surface area contributed by atoms with Gasteiger partial charge in [-0.25, -0.2) is 0 Å². The molecule has 1 unspecified atom stereocenters. The average Bonchev–Trinajstić information content (AvgIpc) is 2.93. The number of nitrogens with one attached hydrogen (secondary N) is 1. The van der Waals surface area contributed by atoms with Crippen LogP contribution in [0.4, 0.5) is 5.69 Å². The van der Waals surface area contributed by atoms with Crippen LogP contribution in [0, 0.1) is 11.8 Å². The van der Waals surface area contributed by atoms with Crippen LogP contribution in [-0.2, 0) is 9.59 Å². The molecule has 2 aromatic rings. The van der Waals surface area contributed by atoms with E-state index in [0.717, 1.165) is 52.9 Å². The number of halogens is 1. The minimum absolute atomic E-state index is 0.00518. The predicted octanol–water partition coefficient (Wildman–Crippen LogP) is 6.32. The van der Waals surface area contributed by atoms with Gasteiger partial charge < -0.3 is 10.2 Å². The molecule has 164 valence electrons. The third-order valence-corrected chi connectivity index (χ3v) is 7.26. The molecule has 0 spiro atoms. The van der Waals surface area contributed by atoms with Crippen LogP contribution in [0.3, 0.4) is 0 Å². The molecular weight excluding hydrogens is 452 g/mol. The van der Waals surface area contributed by atoms with E-state index in [4.69, 9.17) is 0 Å². The van der Waals surface area contributed by atoms with Crippen molar-refractivity contribution < 1.29 is 9.59 Å². The van der Waals surface area contributed by atoms with E-state index in [-0.39, 0.29) is 30.3 Å². The van der Waals surface area contributed by atoms with E-state index in [1.54, 1.807) is 0 Å². The van der Waals surface area contributed by atoms with Crippen molar-refractivity contribution in [1.29, 1.82) is 0 Å². The number of nitrogens with zero attached hydrogens (tertiary/aromatic N) is 1. The van der Waals surface area contributed by atoms with E-state index in [1.807, 2.05) is 53.4 Å². The van der Waals surface area contributed by atoms with Crippen LogP contribution < -0.4 is 5.32 Å². The number of hydrogen-bond acceptors (Lipinski definition) is 2. The monoisotopic (exact) mass is 482 g/mol. The fraction of sp³-hybridized carbons (Fsp3) is 0.462. The van der Waals surface area contributed by atoms with Crippen molar-refractivity contribution in [2.24, 2.45) is 11.8 Å². The van der Waals surface area contributed by atoms with Crippen LogP contribution >= 0.6 is 15.9 Å². The third kappa shape index (κ3) is 5.03. The quantitative estimate of drug-likeness (QED) is 0.542. The second kappa shape index (κ2) is 9.99. The summed E-state index contributed by atoms with van der Waals surface area (Å²) in [5.74, 6) is 0.737. The molecule has 31 heavy (non-hydrogen) atoms. The molecule has 0 radical (unpaired) electrons. The first-order valence-electron chi connectivity index (χ1n) is 11.5. The van der Waals surface area contributed by atoms with E-state index < -0.39 is 0 Å². The van der Waals surface area contributed by atoms with Crippen molar-refractivity contribution in [3.05, 3.63) is 64.1 Å². The molecule has 1 aliphatic carbocycles. The Morgan fingerprint density at radius 1 is 1.10 bits per heavy atom. The summed E-state index contributed by atoms with van der Waals surface area (Å²) in [6.45, 7) is 2.32. The lowest BCUT2D eigenvalue weighted by Crippen LogP contribution is -2.43. The maximum atomic E-state index is 13.8. The van der Waals surface area contributed by atoms with E-state index >= 15 is 0 Å². The zero-order valence-corrected chi connectivity index (χ0v) is 19.7. The summed E-state index contributed by atoms with van der Waals surface area (Å²) in [6.07, 6.45) is 7.88. The van der Waals surface area contributed by atoms with E-state index in [9.17, 15) is 9.59 Å². The van der Waals surface area contributed by atoms with Crippen LogP contribution in [-0.4, -0.2) is 23.3 Å². The summed E-state index contributed by atoms with van der Waals surface area (Å²) < 4.78 is 0.937. The molecule has 1 N–H and O–H groups in total. The Kier molecular flexibility index (Phi) is 7.11. The van der Waals surface area contributed by atoms with Gasteiger partial charge in [-0.3, -0.25) is 9.59 Å². The lowest BCUT2D eigenvalue weighted by Gasteiger charge is -2.36. The zero-order chi connectivity index (χ0) is 21.8. The summed E-state index contributed by atoms with van der Waals surface area (Å²) in [4.78, 5) is 28.4. The van der Waals surface area contributed by atoms with Gasteiger partial charge in [-0.15, -0.1) is 0 Å². The van der Waals surface area contributed by atoms with Gasteiger partial charge in [0.25, 0.3) is 0 Å². The lowest BCUT2D eigenvalue weighted by atomic mass is 9.79. The lowest BCUT2D eigenvalue weighted by molar-refractivity contribution is -0.141. The molecule has 1 aliphatic heterocycles. The summed E-state index contributed by atoms with van der Waals surface area (Å²) in [6, 6.07) is 15.7. The molecule has 0 aromatic heterocycles. The highest BCUT2D eigenvalue weighted by atomic mass is 79.9. The molecule has 4 nitrogen and oxygen atoms in total. The van der Waals surface area contributed by atoms with Gasteiger partial charge >= 0.3 is 0 Å². The number of hydrogen-bond donors (Lipinski definition) is 1. The third-order valence-electron chi connectivity index (χ3n) is 6.77. The van der Waals surface area contributed by atoms with Gasteiger partial charge in [-0.2, -0.15) is 0 Å². The van der Waals surface area contributed by atoms with E-state index in [0.29, 0.717) is 0 Å². The van der Waals surface area contributed by atoms with Gasteiger partial charge in [0.2, 0.25) is 11.8 Å². The van der Waals surface area contributed by atoms with E-state index in [1.165, 1.54) is 19.3 Å². The Morgan fingerprint density at radius 2 is 1.84 bits per heavy atom. The number of carbonyl (C=O) groups excluding carboxylic acids is 2. The fourth-order valence-electron chi connectivity index (χ4n) is 5.10.